The van der Waals surface area contributed by atoms with Crippen molar-refractivity contribution in [3.8, 4) is 0 Å². The number of amides is 1. The van der Waals surface area contributed by atoms with Crippen LogP contribution in [-0.4, -0.2) is 11.0 Å². The zero-order valence-electron chi connectivity index (χ0n) is 10.1. The van der Waals surface area contributed by atoms with Gasteiger partial charge in [0.05, 0.1) is 0 Å². The maximum absolute atomic E-state index is 11.8. The minimum Gasteiger partial charge on any atom is -0.399 e. The molecular formula is C14H13N3OS. The van der Waals surface area contributed by atoms with Crippen molar-refractivity contribution in [2.45, 2.75) is 0 Å². The molecule has 4 N–H and O–H groups in total. The number of benzene rings is 2. The third-order valence-electron chi connectivity index (χ3n) is 2.41. The summed E-state index contributed by atoms with van der Waals surface area (Å²) >= 11 is 5.07. The van der Waals surface area contributed by atoms with Crippen molar-refractivity contribution in [3.05, 3.63) is 60.2 Å². The first kappa shape index (κ1) is 13.0. The van der Waals surface area contributed by atoms with Crippen molar-refractivity contribution in [3.63, 3.8) is 0 Å². The van der Waals surface area contributed by atoms with Gasteiger partial charge in [-0.3, -0.25) is 10.1 Å². The Morgan fingerprint density at radius 1 is 1.05 bits per heavy atom. The normalized spacial score (nSPS) is 9.68. The Balaban J connectivity index is 1.97. The van der Waals surface area contributed by atoms with Gasteiger partial charge in [0, 0.05) is 16.9 Å². The SMILES string of the molecule is Nc1cccc(NC(=S)NC(=O)c2ccccc2)c1. The number of hydrogen-bond acceptors (Lipinski definition) is 3. The second-order valence-electron chi connectivity index (χ2n) is 3.90. The molecular weight excluding hydrogens is 258 g/mol. The van der Waals surface area contributed by atoms with Crippen LogP contribution in [-0.2, 0) is 0 Å². The van der Waals surface area contributed by atoms with Gasteiger partial charge in [-0.25, -0.2) is 0 Å². The molecule has 0 saturated heterocycles. The molecule has 0 aliphatic carbocycles. The minimum absolute atomic E-state index is 0.236. The van der Waals surface area contributed by atoms with E-state index < -0.39 is 0 Å². The molecule has 5 heteroatoms. The Morgan fingerprint density at radius 2 is 1.79 bits per heavy atom. The van der Waals surface area contributed by atoms with E-state index in [1.54, 1.807) is 42.5 Å². The highest BCUT2D eigenvalue weighted by atomic mass is 32.1. The third kappa shape index (κ3) is 3.79. The van der Waals surface area contributed by atoms with Crippen LogP contribution in [0.2, 0.25) is 0 Å². The number of nitrogen functional groups attached to an aromatic ring is 1. The number of nitrogens with two attached hydrogens (primary N) is 1. The van der Waals surface area contributed by atoms with Crippen LogP contribution < -0.4 is 16.4 Å². The number of carbonyl (C=O) groups is 1. The number of hydrogen-bond donors (Lipinski definition) is 3. The van der Waals surface area contributed by atoms with Gasteiger partial charge in [-0.05, 0) is 42.5 Å². The fourth-order valence-electron chi connectivity index (χ4n) is 1.54. The minimum atomic E-state index is -0.248. The van der Waals surface area contributed by atoms with E-state index in [9.17, 15) is 4.79 Å². The highest BCUT2D eigenvalue weighted by Gasteiger charge is 2.06. The Morgan fingerprint density at radius 3 is 2.47 bits per heavy atom. The van der Waals surface area contributed by atoms with Gasteiger partial charge in [0.2, 0.25) is 0 Å². The molecule has 0 atom stereocenters. The Bertz CT molecular complexity index is 599. The monoisotopic (exact) mass is 271 g/mol. The van der Waals surface area contributed by atoms with E-state index in [1.165, 1.54) is 0 Å². The summed E-state index contributed by atoms with van der Waals surface area (Å²) in [5.74, 6) is -0.248. The first-order valence-corrected chi connectivity index (χ1v) is 6.09. The van der Waals surface area contributed by atoms with Gasteiger partial charge >= 0.3 is 0 Å². The molecule has 0 saturated carbocycles. The van der Waals surface area contributed by atoms with Gasteiger partial charge in [0.25, 0.3) is 5.91 Å². The molecule has 96 valence electrons. The highest BCUT2D eigenvalue weighted by molar-refractivity contribution is 7.80. The Hall–Kier alpha value is -2.40. The van der Waals surface area contributed by atoms with Crippen LogP contribution in [0.1, 0.15) is 10.4 Å². The van der Waals surface area contributed by atoms with E-state index in [4.69, 9.17) is 18.0 Å². The van der Waals surface area contributed by atoms with Crippen molar-refractivity contribution in [2.24, 2.45) is 0 Å². The van der Waals surface area contributed by atoms with Crippen molar-refractivity contribution in [1.29, 1.82) is 0 Å². The lowest BCUT2D eigenvalue weighted by atomic mass is 10.2. The van der Waals surface area contributed by atoms with Gasteiger partial charge < -0.3 is 11.1 Å². The lowest BCUT2D eigenvalue weighted by molar-refractivity contribution is 0.0978. The zero-order valence-corrected chi connectivity index (χ0v) is 10.9. The standard InChI is InChI=1S/C14H13N3OS/c15-11-7-4-8-12(9-11)16-14(19)17-13(18)10-5-2-1-3-6-10/h1-9H,15H2,(H2,16,17,18,19). The van der Waals surface area contributed by atoms with Crippen LogP contribution in [0.4, 0.5) is 11.4 Å². The van der Waals surface area contributed by atoms with E-state index in [0.717, 1.165) is 5.69 Å². The quantitative estimate of drug-likeness (QED) is 0.579. The third-order valence-corrected chi connectivity index (χ3v) is 2.61. The molecule has 2 aromatic rings. The summed E-state index contributed by atoms with van der Waals surface area (Å²) in [4.78, 5) is 11.8. The van der Waals surface area contributed by atoms with Crippen LogP contribution >= 0.6 is 12.2 Å². The molecule has 19 heavy (non-hydrogen) atoms. The van der Waals surface area contributed by atoms with Gasteiger partial charge in [-0.15, -0.1) is 0 Å². The molecule has 4 nitrogen and oxygen atoms in total. The summed E-state index contributed by atoms with van der Waals surface area (Å²) in [6.45, 7) is 0. The highest BCUT2D eigenvalue weighted by Crippen LogP contribution is 2.11. The van der Waals surface area contributed by atoms with Crippen molar-refractivity contribution in [2.75, 3.05) is 11.1 Å². The zero-order chi connectivity index (χ0) is 13.7. The van der Waals surface area contributed by atoms with E-state index in [0.29, 0.717) is 11.3 Å². The van der Waals surface area contributed by atoms with E-state index in [-0.39, 0.29) is 11.0 Å². The summed E-state index contributed by atoms with van der Waals surface area (Å²) in [6.07, 6.45) is 0. The lowest BCUT2D eigenvalue weighted by Gasteiger charge is -2.09. The molecule has 0 bridgehead atoms. The largest absolute Gasteiger partial charge is 0.399 e. The Labute approximate surface area is 116 Å². The van der Waals surface area contributed by atoms with Crippen molar-refractivity contribution < 1.29 is 4.79 Å². The van der Waals surface area contributed by atoms with Crippen molar-refractivity contribution >= 4 is 34.6 Å². The summed E-state index contributed by atoms with van der Waals surface area (Å²) in [5, 5.41) is 5.74. The lowest BCUT2D eigenvalue weighted by Crippen LogP contribution is -2.34. The average Bonchev–Trinajstić information content (AvgIpc) is 2.39. The van der Waals surface area contributed by atoms with Crippen LogP contribution in [0.5, 0.6) is 0 Å². The van der Waals surface area contributed by atoms with Gasteiger partial charge in [-0.2, -0.15) is 0 Å². The van der Waals surface area contributed by atoms with E-state index in [2.05, 4.69) is 10.6 Å². The van der Waals surface area contributed by atoms with Gasteiger partial charge in [0.1, 0.15) is 0 Å². The molecule has 2 aromatic carbocycles. The smallest absolute Gasteiger partial charge is 0.257 e. The first-order valence-electron chi connectivity index (χ1n) is 5.68. The second kappa shape index (κ2) is 5.97. The molecule has 0 unspecified atom stereocenters. The number of rotatable bonds is 2. The van der Waals surface area contributed by atoms with Crippen LogP contribution in [0.3, 0.4) is 0 Å². The topological polar surface area (TPSA) is 67.2 Å². The number of anilines is 2. The summed E-state index contributed by atoms with van der Waals surface area (Å²) in [6, 6.07) is 16.0. The molecule has 1 amide bonds. The van der Waals surface area contributed by atoms with Crippen LogP contribution in [0.25, 0.3) is 0 Å². The molecule has 0 aliphatic heterocycles. The molecule has 0 aliphatic rings. The Kier molecular flexibility index (Phi) is 4.10. The van der Waals surface area contributed by atoms with Crippen molar-refractivity contribution in [1.82, 2.24) is 5.32 Å². The molecule has 0 heterocycles. The molecule has 0 fully saturated rings. The fraction of sp³-hybridized carbons (Fsp3) is 0. The van der Waals surface area contributed by atoms with Gasteiger partial charge in [0.15, 0.2) is 5.11 Å². The van der Waals surface area contributed by atoms with Crippen LogP contribution in [0.15, 0.2) is 54.6 Å². The molecule has 2 rings (SSSR count). The second-order valence-corrected chi connectivity index (χ2v) is 4.31. The maximum Gasteiger partial charge on any atom is 0.257 e. The average molecular weight is 271 g/mol. The number of nitrogens with one attached hydrogen (secondary N) is 2. The molecule has 0 aromatic heterocycles. The first-order chi connectivity index (χ1) is 9.15. The predicted octanol–water partition coefficient (Wildman–Crippen LogP) is 2.40. The summed E-state index contributed by atoms with van der Waals surface area (Å²) in [7, 11) is 0. The van der Waals surface area contributed by atoms with E-state index >= 15 is 0 Å². The number of thiocarbonyl (C=S) groups is 1. The molecule has 0 radical (unpaired) electrons. The summed E-state index contributed by atoms with van der Waals surface area (Å²) in [5.41, 5.74) is 7.57. The number of carbonyl (C=O) groups excluding carboxylic acids is 1. The predicted molar refractivity (Wildman–Crippen MR) is 81.0 cm³/mol. The fourth-order valence-corrected chi connectivity index (χ4v) is 1.75. The van der Waals surface area contributed by atoms with E-state index in [1.807, 2.05) is 12.1 Å². The van der Waals surface area contributed by atoms with Gasteiger partial charge in [-0.1, -0.05) is 24.3 Å². The van der Waals surface area contributed by atoms with Crippen LogP contribution in [0, 0.1) is 0 Å². The maximum atomic E-state index is 11.8. The summed E-state index contributed by atoms with van der Waals surface area (Å²) < 4.78 is 0. The molecule has 0 spiro atoms.